The van der Waals surface area contributed by atoms with Crippen LogP contribution >= 0.6 is 11.8 Å². The van der Waals surface area contributed by atoms with Crippen molar-refractivity contribution in [2.24, 2.45) is 5.10 Å². The summed E-state index contributed by atoms with van der Waals surface area (Å²) in [6, 6.07) is 5.71. The van der Waals surface area contributed by atoms with Crippen molar-refractivity contribution in [3.05, 3.63) is 29.3 Å². The second-order valence-corrected chi connectivity index (χ2v) is 8.22. The van der Waals surface area contributed by atoms with E-state index in [1.807, 2.05) is 32.0 Å². The molecule has 1 aromatic carbocycles. The number of aliphatic carboxylic acids is 1. The van der Waals surface area contributed by atoms with Crippen LogP contribution in [0.1, 0.15) is 36.8 Å². The summed E-state index contributed by atoms with van der Waals surface area (Å²) in [4.78, 5) is 36.9. The van der Waals surface area contributed by atoms with Gasteiger partial charge in [-0.3, -0.25) is 9.59 Å². The molecule has 0 bridgehead atoms. The largest absolute Gasteiger partial charge is 0.480 e. The monoisotopic (exact) mass is 389 g/mol. The van der Waals surface area contributed by atoms with Crippen LogP contribution in [0.15, 0.2) is 23.3 Å². The molecule has 2 amide bonds. The van der Waals surface area contributed by atoms with Crippen molar-refractivity contribution in [2.45, 2.75) is 45.1 Å². The number of carbonyl (C=O) groups excluding carboxylic acids is 2. The molecule has 1 aromatic rings. The third-order valence-corrected chi connectivity index (χ3v) is 5.98. The smallest absolute Gasteiger partial charge is 0.329 e. The highest BCUT2D eigenvalue weighted by atomic mass is 32.2. The average Bonchev–Trinajstić information content (AvgIpc) is 2.65. The molecule has 2 heterocycles. The van der Waals surface area contributed by atoms with Crippen molar-refractivity contribution in [2.75, 3.05) is 16.5 Å². The number of hydrogen-bond acceptors (Lipinski definition) is 5. The van der Waals surface area contributed by atoms with Gasteiger partial charge >= 0.3 is 5.97 Å². The van der Waals surface area contributed by atoms with E-state index in [2.05, 4.69) is 10.4 Å². The fourth-order valence-corrected chi connectivity index (χ4v) is 4.44. The van der Waals surface area contributed by atoms with Crippen molar-refractivity contribution >= 4 is 40.9 Å². The summed E-state index contributed by atoms with van der Waals surface area (Å²) in [5.74, 6) is -0.331. The molecule has 27 heavy (non-hydrogen) atoms. The first kappa shape index (κ1) is 19.4. The summed E-state index contributed by atoms with van der Waals surface area (Å²) >= 11 is 1.68. The molecule has 1 fully saturated rings. The highest BCUT2D eigenvalue weighted by molar-refractivity contribution is 7.99. The maximum absolute atomic E-state index is 12.8. The number of anilines is 1. The summed E-state index contributed by atoms with van der Waals surface area (Å²) in [5.41, 5.74) is 1.45. The number of carbonyl (C=O) groups is 3. The standard InChI is InChI=1S/C19H23N3O4S/c1-12-3-4-13(2)15(11-12)22-16(23)6-5-14(21-22)17(24)20-19(18(25)26)7-9-27-10-8-19/h3-4,11H,5-10H2,1-2H3,(H,20,24)(H,25,26). The van der Waals surface area contributed by atoms with Crippen LogP contribution in [0.5, 0.6) is 0 Å². The van der Waals surface area contributed by atoms with E-state index in [-0.39, 0.29) is 24.5 Å². The number of hydrazone groups is 1. The third kappa shape index (κ3) is 4.00. The number of carboxylic acid groups (broad SMARTS) is 1. The SMILES string of the molecule is Cc1ccc(C)c(N2N=C(C(=O)NC3(C(=O)O)CCSCC3)CCC2=O)c1. The number of rotatable bonds is 4. The zero-order valence-corrected chi connectivity index (χ0v) is 16.3. The molecule has 8 heteroatoms. The molecule has 0 saturated carbocycles. The fraction of sp³-hybridized carbons (Fsp3) is 0.474. The highest BCUT2D eigenvalue weighted by Gasteiger charge is 2.42. The van der Waals surface area contributed by atoms with E-state index in [1.165, 1.54) is 5.01 Å². The molecule has 144 valence electrons. The Bertz CT molecular complexity index is 815. The molecule has 7 nitrogen and oxygen atoms in total. The first-order valence-corrected chi connectivity index (χ1v) is 10.1. The topological polar surface area (TPSA) is 99.1 Å². The van der Waals surface area contributed by atoms with Gasteiger partial charge in [-0.15, -0.1) is 0 Å². The molecule has 0 aromatic heterocycles. The molecule has 1 saturated heterocycles. The van der Waals surface area contributed by atoms with Crippen molar-refractivity contribution in [1.82, 2.24) is 5.32 Å². The van der Waals surface area contributed by atoms with E-state index < -0.39 is 17.4 Å². The maximum atomic E-state index is 12.8. The van der Waals surface area contributed by atoms with E-state index in [1.54, 1.807) is 11.8 Å². The van der Waals surface area contributed by atoms with Crippen molar-refractivity contribution in [1.29, 1.82) is 0 Å². The highest BCUT2D eigenvalue weighted by Crippen LogP contribution is 2.29. The fourth-order valence-electron chi connectivity index (χ4n) is 3.25. The van der Waals surface area contributed by atoms with Gasteiger partial charge in [0, 0.05) is 12.8 Å². The van der Waals surface area contributed by atoms with E-state index >= 15 is 0 Å². The lowest BCUT2D eigenvalue weighted by Gasteiger charge is -2.34. The third-order valence-electron chi connectivity index (χ3n) is 5.00. The molecular weight excluding hydrogens is 366 g/mol. The van der Waals surface area contributed by atoms with E-state index in [0.29, 0.717) is 30.0 Å². The zero-order chi connectivity index (χ0) is 19.6. The Morgan fingerprint density at radius 2 is 1.93 bits per heavy atom. The predicted molar refractivity (Wildman–Crippen MR) is 105 cm³/mol. The Morgan fingerprint density at radius 3 is 2.59 bits per heavy atom. The van der Waals surface area contributed by atoms with Crippen LogP contribution in [-0.2, 0) is 14.4 Å². The Balaban J connectivity index is 1.87. The van der Waals surface area contributed by atoms with E-state index in [4.69, 9.17) is 0 Å². The Hall–Kier alpha value is -2.35. The van der Waals surface area contributed by atoms with Gasteiger partial charge in [-0.05, 0) is 55.4 Å². The molecule has 2 N–H and O–H groups in total. The molecule has 0 aliphatic carbocycles. The van der Waals surface area contributed by atoms with Crippen molar-refractivity contribution in [3.8, 4) is 0 Å². The second-order valence-electron chi connectivity index (χ2n) is 7.00. The maximum Gasteiger partial charge on any atom is 0.329 e. The lowest BCUT2D eigenvalue weighted by molar-refractivity contribution is -0.147. The van der Waals surface area contributed by atoms with Crippen LogP contribution in [-0.4, -0.2) is 45.6 Å². The van der Waals surface area contributed by atoms with Crippen molar-refractivity contribution in [3.63, 3.8) is 0 Å². The summed E-state index contributed by atoms with van der Waals surface area (Å²) in [5, 5.41) is 17.9. The van der Waals surface area contributed by atoms with Crippen LogP contribution in [0.25, 0.3) is 0 Å². The van der Waals surface area contributed by atoms with Gasteiger partial charge in [-0.2, -0.15) is 16.9 Å². The quantitative estimate of drug-likeness (QED) is 0.823. The molecule has 0 spiro atoms. The molecule has 2 aliphatic rings. The molecule has 0 radical (unpaired) electrons. The van der Waals surface area contributed by atoms with Gasteiger partial charge in [-0.25, -0.2) is 9.80 Å². The van der Waals surface area contributed by atoms with Crippen LogP contribution in [0.3, 0.4) is 0 Å². The van der Waals surface area contributed by atoms with Gasteiger partial charge in [0.15, 0.2) is 0 Å². The van der Waals surface area contributed by atoms with Crippen LogP contribution in [0.2, 0.25) is 0 Å². The van der Waals surface area contributed by atoms with Crippen LogP contribution in [0.4, 0.5) is 5.69 Å². The Morgan fingerprint density at radius 1 is 1.22 bits per heavy atom. The lowest BCUT2D eigenvalue weighted by Crippen LogP contribution is -2.58. The minimum absolute atomic E-state index is 0.162. The minimum Gasteiger partial charge on any atom is -0.480 e. The summed E-state index contributed by atoms with van der Waals surface area (Å²) in [6.45, 7) is 3.80. The number of aryl methyl sites for hydroxylation is 2. The lowest BCUT2D eigenvalue weighted by atomic mass is 9.91. The molecular formula is C19H23N3O4S. The first-order valence-electron chi connectivity index (χ1n) is 8.94. The van der Waals surface area contributed by atoms with Gasteiger partial charge in [0.05, 0.1) is 5.69 Å². The zero-order valence-electron chi connectivity index (χ0n) is 15.4. The van der Waals surface area contributed by atoms with Gasteiger partial charge in [-0.1, -0.05) is 12.1 Å². The van der Waals surface area contributed by atoms with Gasteiger partial charge in [0.1, 0.15) is 11.3 Å². The number of carboxylic acids is 1. The number of nitrogens with one attached hydrogen (secondary N) is 1. The summed E-state index contributed by atoms with van der Waals surface area (Å²) in [7, 11) is 0. The first-order chi connectivity index (χ1) is 12.8. The van der Waals surface area contributed by atoms with E-state index in [9.17, 15) is 19.5 Å². The molecule has 0 unspecified atom stereocenters. The number of nitrogens with zero attached hydrogens (tertiary/aromatic N) is 2. The molecule has 0 atom stereocenters. The molecule has 3 rings (SSSR count). The Kier molecular flexibility index (Phi) is 5.55. The van der Waals surface area contributed by atoms with Gasteiger partial charge < -0.3 is 10.4 Å². The molecule has 2 aliphatic heterocycles. The van der Waals surface area contributed by atoms with Crippen molar-refractivity contribution < 1.29 is 19.5 Å². The van der Waals surface area contributed by atoms with E-state index in [0.717, 1.165) is 11.1 Å². The van der Waals surface area contributed by atoms with Crippen LogP contribution in [0, 0.1) is 13.8 Å². The number of benzene rings is 1. The Labute approximate surface area is 162 Å². The summed E-state index contributed by atoms with van der Waals surface area (Å²) in [6.07, 6.45) is 1.13. The normalized spacial score (nSPS) is 19.4. The van der Waals surface area contributed by atoms with Gasteiger partial charge in [0.25, 0.3) is 5.91 Å². The number of amides is 2. The average molecular weight is 389 g/mol. The number of hydrogen-bond donors (Lipinski definition) is 2. The predicted octanol–water partition coefficient (Wildman–Crippen LogP) is 2.25. The number of thioether (sulfide) groups is 1. The summed E-state index contributed by atoms with van der Waals surface area (Å²) < 4.78 is 0. The van der Waals surface area contributed by atoms with Gasteiger partial charge in [0.2, 0.25) is 5.91 Å². The minimum atomic E-state index is -1.25. The van der Waals surface area contributed by atoms with Crippen LogP contribution < -0.4 is 10.3 Å². The second kappa shape index (κ2) is 7.72.